The van der Waals surface area contributed by atoms with Crippen molar-refractivity contribution < 1.29 is 14.1 Å². The summed E-state index contributed by atoms with van der Waals surface area (Å²) in [5.74, 6) is 0. The fourth-order valence-electron chi connectivity index (χ4n) is 0.884. The van der Waals surface area contributed by atoms with Gasteiger partial charge in [0.15, 0.2) is 0 Å². The van der Waals surface area contributed by atoms with E-state index in [9.17, 15) is 9.28 Å². The highest BCUT2D eigenvalue weighted by Crippen LogP contribution is 1.95. The van der Waals surface area contributed by atoms with Gasteiger partial charge in [0.1, 0.15) is 6.54 Å². The van der Waals surface area contributed by atoms with E-state index in [-0.39, 0.29) is 6.54 Å². The van der Waals surface area contributed by atoms with Crippen molar-refractivity contribution in [1.29, 1.82) is 0 Å². The average molecular weight is 169 g/mol. The number of pyridine rings is 1. The smallest absolute Gasteiger partial charge is 0.249 e. The number of aryl methyl sites for hydroxylation is 1. The molecule has 1 aromatic heterocycles. The highest BCUT2D eigenvalue weighted by Gasteiger charge is 2.09. The number of amides is 1. The summed E-state index contributed by atoms with van der Waals surface area (Å²) in [6.45, 7) is 2.01. The summed E-state index contributed by atoms with van der Waals surface area (Å²) in [5.41, 5.74) is 1.26. The molecule has 0 aliphatic rings. The first-order chi connectivity index (χ1) is 5.74. The van der Waals surface area contributed by atoms with Crippen LogP contribution in [0.3, 0.4) is 0 Å². The van der Waals surface area contributed by atoms with Gasteiger partial charge in [-0.3, -0.25) is 4.79 Å². The van der Waals surface area contributed by atoms with Crippen LogP contribution in [0.1, 0.15) is 11.3 Å². The fourth-order valence-corrected chi connectivity index (χ4v) is 0.884. The first kappa shape index (κ1) is 8.64. The lowest BCUT2D eigenvalue weighted by atomic mass is 10.3. The minimum absolute atomic E-state index is 0.209. The molecule has 0 saturated heterocycles. The van der Waals surface area contributed by atoms with Gasteiger partial charge in [-0.25, -0.2) is 0 Å². The minimum Gasteiger partial charge on any atom is -0.348 e. The highest BCUT2D eigenvalue weighted by molar-refractivity contribution is 5.45. The van der Waals surface area contributed by atoms with Gasteiger partial charge in [-0.05, 0) is 13.0 Å². The van der Waals surface area contributed by atoms with E-state index < -0.39 is 0 Å². The minimum atomic E-state index is 0.209. The number of rotatable bonds is 3. The molecule has 1 N–H and O–H groups in total. The van der Waals surface area contributed by atoms with Gasteiger partial charge in [-0.15, -0.1) is 0 Å². The van der Waals surface area contributed by atoms with Gasteiger partial charge in [0.2, 0.25) is 18.3 Å². The molecule has 0 bridgehead atoms. The van der Waals surface area contributed by atoms with Crippen molar-refractivity contribution in [2.24, 2.45) is 0 Å². The molecule has 0 saturated carbocycles. The Bertz CT molecular complexity index is 288. The van der Waals surface area contributed by atoms with E-state index >= 15 is 0 Å². The lowest BCUT2D eigenvalue weighted by molar-refractivity contribution is -0.849. The average Bonchev–Trinajstić information content (AvgIpc) is 2.03. The van der Waals surface area contributed by atoms with Gasteiger partial charge in [-0.2, -0.15) is 0 Å². The number of nitrogens with one attached hydrogen (secondary N) is 1. The fraction of sp³-hybridized carbons (Fsp3) is 0.250. The second-order valence-electron chi connectivity index (χ2n) is 2.51. The molecule has 0 unspecified atom stereocenters. The molecule has 12 heavy (non-hydrogen) atoms. The molecule has 4 heteroatoms. The summed E-state index contributed by atoms with van der Waals surface area (Å²) < 4.78 is 12.9. The van der Waals surface area contributed by atoms with Crippen molar-refractivity contribution in [2.75, 3.05) is 0 Å². The second kappa shape index (κ2) is 3.80. The van der Waals surface area contributed by atoms with Crippen molar-refractivity contribution in [1.82, 2.24) is 5.32 Å². The Morgan fingerprint density at radius 2 is 2.42 bits per heavy atom. The Morgan fingerprint density at radius 1 is 1.67 bits per heavy atom. The number of nitrogens with zero attached hydrogens (tertiary/aromatic N) is 1. The van der Waals surface area contributed by atoms with E-state index in [4.69, 9.17) is 0 Å². The van der Waals surface area contributed by atoms with E-state index in [1.807, 2.05) is 0 Å². The molecule has 1 amide bonds. The van der Waals surface area contributed by atoms with Crippen LogP contribution in [0.25, 0.3) is 0 Å². The molecule has 3 nitrogen and oxygen atoms in total. The van der Waals surface area contributed by atoms with Crippen LogP contribution in [0.2, 0.25) is 0 Å². The molecule has 0 aliphatic carbocycles. The maximum atomic E-state index is 12.9. The second-order valence-corrected chi connectivity index (χ2v) is 2.51. The van der Waals surface area contributed by atoms with Gasteiger partial charge in [0.25, 0.3) is 0 Å². The van der Waals surface area contributed by atoms with Crippen LogP contribution in [0.5, 0.6) is 0 Å². The lowest BCUT2D eigenvalue weighted by Gasteiger charge is -1.93. The molecule has 0 aliphatic heterocycles. The summed E-state index contributed by atoms with van der Waals surface area (Å²) in [6, 6.07) is 3.42. The van der Waals surface area contributed by atoms with Crippen LogP contribution in [0, 0.1) is 6.92 Å². The predicted octanol–water partition coefficient (Wildman–Crippen LogP) is 0.261. The van der Waals surface area contributed by atoms with Gasteiger partial charge < -0.3 is 5.32 Å². The zero-order valence-corrected chi connectivity index (χ0v) is 6.75. The number of carbonyl (C=O) groups excluding carboxylic acids is 1. The highest BCUT2D eigenvalue weighted by atomic mass is 19.2. The molecule has 0 spiro atoms. The third-order valence-electron chi connectivity index (χ3n) is 1.50. The molecular formula is C8H10FN2O+. The van der Waals surface area contributed by atoms with E-state index in [0.29, 0.717) is 16.9 Å². The Labute approximate surface area is 69.8 Å². The number of aromatic nitrogens is 1. The van der Waals surface area contributed by atoms with Crippen LogP contribution >= 0.6 is 0 Å². The first-order valence-electron chi connectivity index (χ1n) is 3.58. The van der Waals surface area contributed by atoms with Crippen LogP contribution in [0.15, 0.2) is 18.3 Å². The van der Waals surface area contributed by atoms with Crippen LogP contribution in [-0.2, 0) is 11.3 Å². The quantitative estimate of drug-likeness (QED) is 0.647. The SMILES string of the molecule is Cc1ccc(CNC=O)[n+](F)c1. The third kappa shape index (κ3) is 2.02. The van der Waals surface area contributed by atoms with Gasteiger partial charge in [-0.1, -0.05) is 0 Å². The number of hydrogen-bond donors (Lipinski definition) is 1. The van der Waals surface area contributed by atoms with Crippen LogP contribution < -0.4 is 10.1 Å². The topological polar surface area (TPSA) is 33.0 Å². The monoisotopic (exact) mass is 169 g/mol. The van der Waals surface area contributed by atoms with Crippen molar-refractivity contribution in [3.8, 4) is 0 Å². The van der Waals surface area contributed by atoms with Gasteiger partial charge in [0.05, 0.1) is 4.48 Å². The number of carbonyl (C=O) groups is 1. The predicted molar refractivity (Wildman–Crippen MR) is 40.8 cm³/mol. The van der Waals surface area contributed by atoms with Crippen molar-refractivity contribution >= 4 is 6.41 Å². The normalized spacial score (nSPS) is 9.50. The lowest BCUT2D eigenvalue weighted by Crippen LogP contribution is -2.31. The summed E-state index contributed by atoms with van der Waals surface area (Å²) in [5, 5.41) is 2.38. The van der Waals surface area contributed by atoms with E-state index in [1.54, 1.807) is 19.1 Å². The zero-order chi connectivity index (χ0) is 8.97. The summed E-state index contributed by atoms with van der Waals surface area (Å²) in [4.78, 5) is 10.4. The van der Waals surface area contributed by atoms with Crippen molar-refractivity contribution in [3.05, 3.63) is 29.6 Å². The van der Waals surface area contributed by atoms with E-state index in [0.717, 1.165) is 5.56 Å². The van der Waals surface area contributed by atoms with Crippen molar-refractivity contribution in [2.45, 2.75) is 13.5 Å². The molecule has 1 aromatic rings. The molecule has 1 heterocycles. The first-order valence-corrected chi connectivity index (χ1v) is 3.58. The molecule has 0 atom stereocenters. The maximum Gasteiger partial charge on any atom is 0.249 e. The molecular weight excluding hydrogens is 159 g/mol. The van der Waals surface area contributed by atoms with Gasteiger partial charge in [0, 0.05) is 16.4 Å². The van der Waals surface area contributed by atoms with Crippen molar-refractivity contribution in [3.63, 3.8) is 0 Å². The summed E-state index contributed by atoms with van der Waals surface area (Å²) in [6.07, 6.45) is 1.90. The Kier molecular flexibility index (Phi) is 2.74. The standard InChI is InChI=1S/C8H9FN2O/c1-7-2-3-8(4-10-6-12)11(9)5-7/h2-3,5-6H,4H2,1H3/p+1. The molecule has 1 rings (SSSR count). The van der Waals surface area contributed by atoms with Crippen LogP contribution in [-0.4, -0.2) is 6.41 Å². The van der Waals surface area contributed by atoms with E-state index in [1.165, 1.54) is 6.20 Å². The number of halogens is 1. The maximum absolute atomic E-state index is 12.9. The summed E-state index contributed by atoms with van der Waals surface area (Å²) >= 11 is 0. The van der Waals surface area contributed by atoms with Crippen LogP contribution in [0.4, 0.5) is 4.48 Å². The third-order valence-corrected chi connectivity index (χ3v) is 1.50. The Morgan fingerprint density at radius 3 is 3.00 bits per heavy atom. The Balaban J connectivity index is 2.78. The summed E-state index contributed by atoms with van der Waals surface area (Å²) in [7, 11) is 0. The molecule has 0 radical (unpaired) electrons. The van der Waals surface area contributed by atoms with E-state index in [2.05, 4.69) is 5.32 Å². The molecule has 64 valence electrons. The number of hydrogen-bond acceptors (Lipinski definition) is 1. The Hall–Kier alpha value is -1.45. The van der Waals surface area contributed by atoms with Gasteiger partial charge >= 0.3 is 0 Å². The zero-order valence-electron chi connectivity index (χ0n) is 6.75. The molecule has 0 fully saturated rings. The largest absolute Gasteiger partial charge is 0.348 e. The molecule has 0 aromatic carbocycles.